The Hall–Kier alpha value is -1.81. The number of fused-ring (bicyclic) bond motifs is 1. The fourth-order valence-electron chi connectivity index (χ4n) is 1.67. The minimum atomic E-state index is -0.963. The molecule has 0 fully saturated rings. The van der Waals surface area contributed by atoms with Gasteiger partial charge in [0.25, 0.3) is 5.56 Å². The Morgan fingerprint density at radius 1 is 1.27 bits per heavy atom. The molecular weight excluding hydrogens is 194 g/mol. The molecule has 0 saturated carbocycles. The molecule has 1 atom stereocenters. The molecule has 0 bridgehead atoms. The molecule has 4 nitrogen and oxygen atoms in total. The van der Waals surface area contributed by atoms with Crippen LogP contribution in [0.2, 0.25) is 0 Å². The van der Waals surface area contributed by atoms with Gasteiger partial charge in [-0.05, 0) is 19.1 Å². The molecule has 1 aromatic carbocycles. The van der Waals surface area contributed by atoms with Crippen molar-refractivity contribution < 1.29 is 10.2 Å². The molecule has 0 aliphatic rings. The molecule has 0 amide bonds. The maximum Gasteiger partial charge on any atom is 0.253 e. The Balaban J connectivity index is 2.98. The predicted molar refractivity (Wildman–Crippen MR) is 56.8 cm³/mol. The topological polar surface area (TPSA) is 62.5 Å². The summed E-state index contributed by atoms with van der Waals surface area (Å²) in [6.07, 6.45) is -0.963. The van der Waals surface area contributed by atoms with E-state index in [2.05, 4.69) is 0 Å². The minimum Gasteiger partial charge on any atom is -0.506 e. The number of aromatic nitrogens is 1. The van der Waals surface area contributed by atoms with Crippen LogP contribution in [0.1, 0.15) is 13.2 Å². The van der Waals surface area contributed by atoms with Crippen LogP contribution in [0.3, 0.4) is 0 Å². The average molecular weight is 205 g/mol. The number of hydrogen-bond donors (Lipinski definition) is 2. The summed E-state index contributed by atoms with van der Waals surface area (Å²) in [5.41, 5.74) is 0.0269. The van der Waals surface area contributed by atoms with E-state index < -0.39 is 6.23 Å². The first kappa shape index (κ1) is 9.73. The number of phenols is 1. The highest BCUT2D eigenvalue weighted by molar-refractivity contribution is 5.84. The van der Waals surface area contributed by atoms with Crippen molar-refractivity contribution in [3.63, 3.8) is 0 Å². The van der Waals surface area contributed by atoms with E-state index >= 15 is 0 Å². The lowest BCUT2D eigenvalue weighted by Gasteiger charge is -2.13. The summed E-state index contributed by atoms with van der Waals surface area (Å²) < 4.78 is 1.16. The van der Waals surface area contributed by atoms with E-state index in [9.17, 15) is 15.0 Å². The van der Waals surface area contributed by atoms with Crippen LogP contribution < -0.4 is 5.56 Å². The lowest BCUT2D eigenvalue weighted by atomic mass is 10.2. The first-order chi connectivity index (χ1) is 7.11. The summed E-state index contributed by atoms with van der Waals surface area (Å²) in [7, 11) is 0. The number of aromatic hydroxyl groups is 1. The second-order valence-corrected chi connectivity index (χ2v) is 3.39. The van der Waals surface area contributed by atoms with E-state index in [1.807, 2.05) is 0 Å². The van der Waals surface area contributed by atoms with Crippen molar-refractivity contribution in [1.29, 1.82) is 0 Å². The SMILES string of the molecule is CC(O)n1c(=O)ccc2cccc(O)c21. The molecule has 0 radical (unpaired) electrons. The largest absolute Gasteiger partial charge is 0.506 e. The van der Waals surface area contributed by atoms with Gasteiger partial charge in [-0.1, -0.05) is 12.1 Å². The van der Waals surface area contributed by atoms with E-state index in [0.29, 0.717) is 5.52 Å². The minimum absolute atomic E-state index is 0.00824. The van der Waals surface area contributed by atoms with Crippen LogP contribution in [0.15, 0.2) is 35.1 Å². The molecule has 0 spiro atoms. The fraction of sp³-hybridized carbons (Fsp3) is 0.182. The maximum absolute atomic E-state index is 11.5. The standard InChI is InChI=1S/C11H11NO3/c1-7(13)12-10(15)6-5-8-3-2-4-9(14)11(8)12/h2-7,13-14H,1H3. The Morgan fingerprint density at radius 2 is 2.00 bits per heavy atom. The summed E-state index contributed by atoms with van der Waals surface area (Å²) in [6.45, 7) is 1.48. The van der Waals surface area contributed by atoms with E-state index in [0.717, 1.165) is 9.95 Å². The molecule has 1 aromatic heterocycles. The Morgan fingerprint density at radius 3 is 2.67 bits per heavy atom. The first-order valence-corrected chi connectivity index (χ1v) is 4.62. The van der Waals surface area contributed by atoms with Gasteiger partial charge in [-0.15, -0.1) is 0 Å². The Labute approximate surface area is 86.0 Å². The first-order valence-electron chi connectivity index (χ1n) is 4.62. The summed E-state index contributed by atoms with van der Waals surface area (Å²) >= 11 is 0. The van der Waals surface area contributed by atoms with Gasteiger partial charge in [-0.2, -0.15) is 0 Å². The lowest BCUT2D eigenvalue weighted by molar-refractivity contribution is 0.125. The number of nitrogens with zero attached hydrogens (tertiary/aromatic N) is 1. The lowest BCUT2D eigenvalue weighted by Crippen LogP contribution is -2.22. The molecule has 0 aliphatic carbocycles. The third kappa shape index (κ3) is 1.49. The van der Waals surface area contributed by atoms with Crippen LogP contribution >= 0.6 is 0 Å². The maximum atomic E-state index is 11.5. The second-order valence-electron chi connectivity index (χ2n) is 3.39. The number of aliphatic hydroxyl groups excluding tert-OH is 1. The number of rotatable bonds is 1. The quantitative estimate of drug-likeness (QED) is 0.735. The summed E-state index contributed by atoms with van der Waals surface area (Å²) in [5.74, 6) is -0.00824. The molecular formula is C11H11NO3. The molecule has 4 heteroatoms. The van der Waals surface area contributed by atoms with Crippen molar-refractivity contribution in [1.82, 2.24) is 4.57 Å². The van der Waals surface area contributed by atoms with Crippen LogP contribution in [0.25, 0.3) is 10.9 Å². The number of benzene rings is 1. The molecule has 1 unspecified atom stereocenters. The summed E-state index contributed by atoms with van der Waals surface area (Å²) in [5, 5.41) is 19.9. The molecule has 1 heterocycles. The highest BCUT2D eigenvalue weighted by atomic mass is 16.3. The Bertz CT molecular complexity index is 557. The van der Waals surface area contributed by atoms with Gasteiger partial charge in [0.2, 0.25) is 0 Å². The van der Waals surface area contributed by atoms with Gasteiger partial charge in [-0.25, -0.2) is 0 Å². The van der Waals surface area contributed by atoms with Crippen LogP contribution in [-0.2, 0) is 0 Å². The Kier molecular flexibility index (Phi) is 2.21. The van der Waals surface area contributed by atoms with Crippen molar-refractivity contribution in [2.45, 2.75) is 13.2 Å². The number of aliphatic hydroxyl groups is 1. The van der Waals surface area contributed by atoms with Gasteiger partial charge in [-0.3, -0.25) is 9.36 Å². The molecule has 2 aromatic rings. The molecule has 0 saturated heterocycles. The molecule has 0 aliphatic heterocycles. The van der Waals surface area contributed by atoms with Gasteiger partial charge in [0.05, 0.1) is 5.52 Å². The van der Waals surface area contributed by atoms with Crippen molar-refractivity contribution in [3.8, 4) is 5.75 Å². The van der Waals surface area contributed by atoms with E-state index in [4.69, 9.17) is 0 Å². The van der Waals surface area contributed by atoms with E-state index in [1.54, 1.807) is 18.2 Å². The van der Waals surface area contributed by atoms with Crippen LogP contribution in [0.5, 0.6) is 5.75 Å². The smallest absolute Gasteiger partial charge is 0.253 e. The van der Waals surface area contributed by atoms with E-state index in [1.165, 1.54) is 19.1 Å². The molecule has 15 heavy (non-hydrogen) atoms. The van der Waals surface area contributed by atoms with Gasteiger partial charge in [0, 0.05) is 11.5 Å². The highest BCUT2D eigenvalue weighted by Crippen LogP contribution is 2.24. The monoisotopic (exact) mass is 205 g/mol. The normalized spacial score (nSPS) is 12.9. The van der Waals surface area contributed by atoms with Crippen LogP contribution in [0.4, 0.5) is 0 Å². The molecule has 2 rings (SSSR count). The third-order valence-electron chi connectivity index (χ3n) is 2.30. The van der Waals surface area contributed by atoms with Crippen molar-refractivity contribution in [2.24, 2.45) is 0 Å². The molecule has 78 valence electrons. The third-order valence-corrected chi connectivity index (χ3v) is 2.30. The second kappa shape index (κ2) is 3.40. The predicted octanol–water partition coefficient (Wildman–Crippen LogP) is 1.22. The van der Waals surface area contributed by atoms with E-state index in [-0.39, 0.29) is 11.3 Å². The summed E-state index contributed by atoms with van der Waals surface area (Å²) in [6, 6.07) is 7.94. The van der Waals surface area contributed by atoms with Gasteiger partial charge < -0.3 is 10.2 Å². The van der Waals surface area contributed by atoms with Gasteiger partial charge in [0.1, 0.15) is 12.0 Å². The van der Waals surface area contributed by atoms with Crippen molar-refractivity contribution >= 4 is 10.9 Å². The van der Waals surface area contributed by atoms with Crippen molar-refractivity contribution in [2.75, 3.05) is 0 Å². The number of pyridine rings is 1. The van der Waals surface area contributed by atoms with Crippen LogP contribution in [-0.4, -0.2) is 14.8 Å². The highest BCUT2D eigenvalue weighted by Gasteiger charge is 2.10. The number of hydrogen-bond acceptors (Lipinski definition) is 3. The zero-order valence-electron chi connectivity index (χ0n) is 8.21. The average Bonchev–Trinajstić information content (AvgIpc) is 2.18. The zero-order chi connectivity index (χ0) is 11.0. The number of para-hydroxylation sites is 1. The van der Waals surface area contributed by atoms with Crippen molar-refractivity contribution in [3.05, 3.63) is 40.7 Å². The van der Waals surface area contributed by atoms with Gasteiger partial charge >= 0.3 is 0 Å². The summed E-state index contributed by atoms with van der Waals surface area (Å²) in [4.78, 5) is 11.5. The van der Waals surface area contributed by atoms with Gasteiger partial charge in [0.15, 0.2) is 0 Å². The fourth-order valence-corrected chi connectivity index (χ4v) is 1.67. The van der Waals surface area contributed by atoms with Crippen LogP contribution in [0, 0.1) is 0 Å². The number of phenolic OH excluding ortho intramolecular Hbond substituents is 1. The zero-order valence-corrected chi connectivity index (χ0v) is 8.21. The molecule has 2 N–H and O–H groups in total.